The molecular formula is C28H35N2O3S+. The maximum atomic E-state index is 12.7. The maximum Gasteiger partial charge on any atom is 0.338 e. The van der Waals surface area contributed by atoms with Crippen molar-refractivity contribution in [1.29, 1.82) is 0 Å². The van der Waals surface area contributed by atoms with Crippen molar-refractivity contribution in [2.24, 2.45) is 0 Å². The van der Waals surface area contributed by atoms with E-state index in [4.69, 9.17) is 9.47 Å². The minimum Gasteiger partial charge on any atom is -0.491 e. The van der Waals surface area contributed by atoms with E-state index >= 15 is 0 Å². The largest absolute Gasteiger partial charge is 0.491 e. The van der Waals surface area contributed by atoms with Crippen LogP contribution in [0.15, 0.2) is 81.4 Å². The molecule has 34 heavy (non-hydrogen) atoms. The van der Waals surface area contributed by atoms with Gasteiger partial charge in [0, 0.05) is 39.6 Å². The van der Waals surface area contributed by atoms with Gasteiger partial charge in [0.15, 0.2) is 15.5 Å². The summed E-state index contributed by atoms with van der Waals surface area (Å²) in [7, 11) is 9.36. The van der Waals surface area contributed by atoms with Gasteiger partial charge in [-0.05, 0) is 87.5 Å². The summed E-state index contributed by atoms with van der Waals surface area (Å²) in [5.74, 6) is 0.308. The lowest BCUT2D eigenvalue weighted by Gasteiger charge is -2.20. The van der Waals surface area contributed by atoms with Crippen LogP contribution in [0.1, 0.15) is 31.1 Å². The molecule has 3 rings (SSSR count). The molecule has 0 spiro atoms. The lowest BCUT2D eigenvalue weighted by molar-refractivity contribution is 0.00690. The smallest absolute Gasteiger partial charge is 0.338 e. The molecule has 0 radical (unpaired) electrons. The number of methoxy groups -OCH3 is 1. The molecule has 0 saturated heterocycles. The molecule has 0 aliphatic heterocycles. The number of esters is 1. The van der Waals surface area contributed by atoms with Crippen molar-refractivity contribution in [3.63, 3.8) is 0 Å². The Bertz CT molecular complexity index is 1070. The Hall–Kier alpha value is -3.12. The van der Waals surface area contributed by atoms with Gasteiger partial charge in [-0.3, -0.25) is 0 Å². The molecule has 3 aromatic carbocycles. The van der Waals surface area contributed by atoms with Crippen LogP contribution in [0.4, 0.5) is 11.4 Å². The molecule has 0 aliphatic rings. The van der Waals surface area contributed by atoms with Gasteiger partial charge in [-0.25, -0.2) is 4.79 Å². The van der Waals surface area contributed by atoms with E-state index in [2.05, 4.69) is 58.3 Å². The predicted molar refractivity (Wildman–Crippen MR) is 142 cm³/mol. The van der Waals surface area contributed by atoms with Crippen molar-refractivity contribution >= 4 is 28.2 Å². The highest BCUT2D eigenvalue weighted by molar-refractivity contribution is 7.97. The number of nitrogens with zero attached hydrogens (tertiary/aromatic N) is 2. The van der Waals surface area contributed by atoms with Gasteiger partial charge >= 0.3 is 5.97 Å². The molecule has 0 amide bonds. The summed E-state index contributed by atoms with van der Waals surface area (Å²) >= 11 is 0. The molecule has 180 valence electrons. The summed E-state index contributed by atoms with van der Waals surface area (Å²) < 4.78 is 11.4. The molecule has 0 heterocycles. The molecule has 0 aromatic heterocycles. The number of ether oxygens (including phenoxy) is 2. The Morgan fingerprint density at radius 1 is 0.765 bits per heavy atom. The van der Waals surface area contributed by atoms with Crippen LogP contribution in [-0.4, -0.2) is 46.9 Å². The van der Waals surface area contributed by atoms with E-state index in [1.165, 1.54) is 9.79 Å². The summed E-state index contributed by atoms with van der Waals surface area (Å²) in [6.07, 6.45) is 0. The van der Waals surface area contributed by atoms with Crippen LogP contribution in [0.3, 0.4) is 0 Å². The second-order valence-corrected chi connectivity index (χ2v) is 11.4. The number of anilines is 2. The minimum atomic E-state index is -0.560. The lowest BCUT2D eigenvalue weighted by atomic mass is 10.1. The Morgan fingerprint density at radius 3 is 1.62 bits per heavy atom. The topological polar surface area (TPSA) is 42.0 Å². The van der Waals surface area contributed by atoms with E-state index in [1.807, 2.05) is 61.1 Å². The third-order valence-electron chi connectivity index (χ3n) is 5.20. The van der Waals surface area contributed by atoms with Crippen molar-refractivity contribution in [1.82, 2.24) is 0 Å². The first-order valence-corrected chi connectivity index (χ1v) is 12.4. The molecule has 0 saturated carbocycles. The molecule has 0 bridgehead atoms. The molecule has 3 aromatic rings. The van der Waals surface area contributed by atoms with Crippen molar-refractivity contribution in [3.05, 3.63) is 72.3 Å². The number of rotatable bonds is 7. The van der Waals surface area contributed by atoms with Crippen LogP contribution in [0.5, 0.6) is 5.75 Å². The highest BCUT2D eigenvalue weighted by Gasteiger charge is 2.33. The fourth-order valence-electron chi connectivity index (χ4n) is 3.45. The summed E-state index contributed by atoms with van der Waals surface area (Å²) in [5.41, 5.74) is 2.20. The summed E-state index contributed by atoms with van der Waals surface area (Å²) in [6, 6.07) is 22.8. The number of carbonyl (C=O) groups is 1. The molecule has 0 aliphatic carbocycles. The van der Waals surface area contributed by atoms with E-state index in [-0.39, 0.29) is 5.97 Å². The Morgan fingerprint density at radius 2 is 1.24 bits per heavy atom. The Balaban J connectivity index is 2.11. The average Bonchev–Trinajstić information content (AvgIpc) is 2.79. The molecule has 5 nitrogen and oxygen atoms in total. The van der Waals surface area contributed by atoms with E-state index in [1.54, 1.807) is 13.2 Å². The average molecular weight is 480 g/mol. The zero-order valence-corrected chi connectivity index (χ0v) is 22.2. The fourth-order valence-corrected chi connectivity index (χ4v) is 5.60. The van der Waals surface area contributed by atoms with Crippen LogP contribution in [0.25, 0.3) is 0 Å². The fraction of sp³-hybridized carbons (Fsp3) is 0.321. The number of hydrogen-bond donors (Lipinski definition) is 0. The highest BCUT2D eigenvalue weighted by atomic mass is 32.2. The molecule has 0 unspecified atom stereocenters. The third kappa shape index (κ3) is 6.06. The quantitative estimate of drug-likeness (QED) is 0.313. The van der Waals surface area contributed by atoms with Crippen molar-refractivity contribution in [3.8, 4) is 5.75 Å². The molecule has 0 atom stereocenters. The second-order valence-electron chi connectivity index (χ2n) is 9.45. The number of carbonyl (C=O) groups excluding carboxylic acids is 1. The maximum absolute atomic E-state index is 12.7. The van der Waals surface area contributed by atoms with Gasteiger partial charge in [0.05, 0.1) is 12.7 Å². The predicted octanol–water partition coefficient (Wildman–Crippen LogP) is 5.88. The number of benzene rings is 3. The minimum absolute atomic E-state index is 0.358. The first-order chi connectivity index (χ1) is 16.0. The molecule has 0 N–H and O–H groups in total. The van der Waals surface area contributed by atoms with Gasteiger partial charge < -0.3 is 19.3 Å². The summed E-state index contributed by atoms with van der Waals surface area (Å²) in [4.78, 5) is 20.2. The molecule has 0 fully saturated rings. The van der Waals surface area contributed by atoms with Gasteiger partial charge in [-0.2, -0.15) is 0 Å². The van der Waals surface area contributed by atoms with Gasteiger partial charge in [0.1, 0.15) is 16.5 Å². The van der Waals surface area contributed by atoms with Gasteiger partial charge in [-0.1, -0.05) is 0 Å². The van der Waals surface area contributed by atoms with Crippen LogP contribution < -0.4 is 14.5 Å². The van der Waals surface area contributed by atoms with Crippen molar-refractivity contribution in [2.75, 3.05) is 45.1 Å². The van der Waals surface area contributed by atoms with E-state index in [0.29, 0.717) is 11.3 Å². The molecule has 6 heteroatoms. The van der Waals surface area contributed by atoms with Crippen LogP contribution in [0.2, 0.25) is 0 Å². The summed E-state index contributed by atoms with van der Waals surface area (Å²) in [5, 5.41) is 0. The van der Waals surface area contributed by atoms with E-state index in [9.17, 15) is 4.79 Å². The zero-order chi connectivity index (χ0) is 25.0. The standard InChI is InChI=1S/C28H35N2O3S/c1-28(2,3)33-27(31)20-9-18-26(25(19-20)32-8)34(23-14-10-21(11-15-23)29(4)5)24-16-12-22(13-17-24)30(6)7/h9-19H,1-8H3/q+1. The van der Waals surface area contributed by atoms with Crippen molar-refractivity contribution in [2.45, 2.75) is 41.1 Å². The van der Waals surface area contributed by atoms with Gasteiger partial charge in [-0.15, -0.1) is 0 Å². The van der Waals surface area contributed by atoms with Gasteiger partial charge in [0.25, 0.3) is 0 Å². The van der Waals surface area contributed by atoms with Crippen LogP contribution in [-0.2, 0) is 15.6 Å². The van der Waals surface area contributed by atoms with Gasteiger partial charge in [0.2, 0.25) is 4.90 Å². The molecular weight excluding hydrogens is 444 g/mol. The summed E-state index contributed by atoms with van der Waals surface area (Å²) in [6.45, 7) is 5.59. The second kappa shape index (κ2) is 10.4. The highest BCUT2D eigenvalue weighted by Crippen LogP contribution is 2.38. The van der Waals surface area contributed by atoms with Crippen molar-refractivity contribution < 1.29 is 14.3 Å². The normalized spacial score (nSPS) is 11.3. The Kier molecular flexibility index (Phi) is 7.82. The lowest BCUT2D eigenvalue weighted by Crippen LogP contribution is -2.24. The monoisotopic (exact) mass is 479 g/mol. The third-order valence-corrected chi connectivity index (χ3v) is 7.46. The first-order valence-electron chi connectivity index (χ1n) is 11.2. The van der Waals surface area contributed by atoms with Crippen LogP contribution in [0, 0.1) is 0 Å². The van der Waals surface area contributed by atoms with Crippen LogP contribution >= 0.6 is 0 Å². The van der Waals surface area contributed by atoms with E-state index < -0.39 is 16.5 Å². The number of hydrogen-bond acceptors (Lipinski definition) is 5. The first kappa shape index (κ1) is 25.5. The Labute approximate surface area is 206 Å². The zero-order valence-electron chi connectivity index (χ0n) is 21.4. The SMILES string of the molecule is COc1cc(C(=O)OC(C)(C)C)ccc1[S+](c1ccc(N(C)C)cc1)c1ccc(N(C)C)cc1. The van der Waals surface area contributed by atoms with E-state index in [0.717, 1.165) is 16.3 Å².